The summed E-state index contributed by atoms with van der Waals surface area (Å²) in [6.07, 6.45) is 7.24. The summed E-state index contributed by atoms with van der Waals surface area (Å²) in [5, 5.41) is 3.55. The van der Waals surface area contributed by atoms with E-state index in [-0.39, 0.29) is 12.0 Å². The van der Waals surface area contributed by atoms with Gasteiger partial charge in [-0.25, -0.2) is 4.98 Å². The summed E-state index contributed by atoms with van der Waals surface area (Å²) in [4.78, 5) is 19.6. The van der Waals surface area contributed by atoms with E-state index >= 15 is 0 Å². The van der Waals surface area contributed by atoms with Gasteiger partial charge in [-0.15, -0.1) is 11.3 Å². The number of hydrogen-bond acceptors (Lipinski definition) is 5. The van der Waals surface area contributed by atoms with E-state index < -0.39 is 0 Å². The number of carbonyl (C=O) groups is 1. The number of hydrogen-bond donors (Lipinski definition) is 0. The monoisotopic (exact) mass is 338 g/mol. The summed E-state index contributed by atoms with van der Waals surface area (Å²) >= 11 is 3.64. The fraction of sp³-hybridized carbons (Fsp3) is 0.750. The summed E-state index contributed by atoms with van der Waals surface area (Å²) in [5.41, 5.74) is 0.631. The molecule has 0 spiro atoms. The third-order valence-electron chi connectivity index (χ3n) is 4.94. The fourth-order valence-electron chi connectivity index (χ4n) is 3.80. The zero-order valence-electron chi connectivity index (χ0n) is 12.7. The van der Waals surface area contributed by atoms with E-state index in [0.29, 0.717) is 17.0 Å². The first kappa shape index (κ1) is 15.0. The molecule has 3 atom stereocenters. The Morgan fingerprint density at radius 1 is 1.27 bits per heavy atom. The number of amides is 1. The predicted molar refractivity (Wildman–Crippen MR) is 89.6 cm³/mol. The van der Waals surface area contributed by atoms with Gasteiger partial charge in [-0.1, -0.05) is 12.8 Å². The van der Waals surface area contributed by atoms with Gasteiger partial charge in [-0.3, -0.25) is 4.79 Å². The van der Waals surface area contributed by atoms with Gasteiger partial charge in [-0.05, 0) is 25.7 Å². The molecule has 120 valence electrons. The second-order valence-electron chi connectivity index (χ2n) is 6.33. The lowest BCUT2D eigenvalue weighted by Gasteiger charge is -2.43. The number of ether oxygens (including phenoxy) is 1. The number of rotatable bonds is 2. The Balaban J connectivity index is 1.50. The van der Waals surface area contributed by atoms with Gasteiger partial charge in [0.2, 0.25) is 0 Å². The van der Waals surface area contributed by atoms with Crippen molar-refractivity contribution in [1.29, 1.82) is 0 Å². The molecule has 0 unspecified atom stereocenters. The molecule has 22 heavy (non-hydrogen) atoms. The molecule has 2 aliphatic heterocycles. The Morgan fingerprint density at radius 3 is 3.05 bits per heavy atom. The highest BCUT2D eigenvalue weighted by Crippen LogP contribution is 2.37. The first-order valence-corrected chi connectivity index (χ1v) is 10.3. The molecule has 3 aliphatic rings. The van der Waals surface area contributed by atoms with E-state index in [9.17, 15) is 4.79 Å². The standard InChI is InChI=1S/C16H22N2O2S2/c19-16(11-10-22-15(17-11)13-5-3-8-20-13)18-7-9-21-14-6-2-1-4-12(14)18/h10,12-14H,1-9H2/t12-,13-,14+/m0/s1. The molecular weight excluding hydrogens is 316 g/mol. The first-order chi connectivity index (χ1) is 10.8. The molecule has 1 aromatic rings. The number of aromatic nitrogens is 1. The molecular formula is C16H22N2O2S2. The van der Waals surface area contributed by atoms with Crippen LogP contribution in [0.3, 0.4) is 0 Å². The van der Waals surface area contributed by atoms with Crippen molar-refractivity contribution in [3.8, 4) is 0 Å². The molecule has 1 saturated carbocycles. The zero-order valence-corrected chi connectivity index (χ0v) is 14.3. The van der Waals surface area contributed by atoms with Crippen LogP contribution in [0.1, 0.15) is 60.1 Å². The van der Waals surface area contributed by atoms with Gasteiger partial charge in [0, 0.05) is 35.6 Å². The van der Waals surface area contributed by atoms with E-state index in [1.54, 1.807) is 11.3 Å². The average Bonchev–Trinajstić information content (AvgIpc) is 3.24. The van der Waals surface area contributed by atoms with E-state index in [1.807, 2.05) is 5.38 Å². The van der Waals surface area contributed by atoms with Crippen molar-refractivity contribution < 1.29 is 9.53 Å². The van der Waals surface area contributed by atoms with Gasteiger partial charge >= 0.3 is 0 Å². The van der Waals surface area contributed by atoms with Crippen LogP contribution in [0.2, 0.25) is 0 Å². The Bertz CT molecular complexity index is 540. The van der Waals surface area contributed by atoms with Crippen molar-refractivity contribution in [2.24, 2.45) is 0 Å². The van der Waals surface area contributed by atoms with Crippen molar-refractivity contribution in [3.63, 3.8) is 0 Å². The van der Waals surface area contributed by atoms with Crippen molar-refractivity contribution in [2.45, 2.75) is 55.9 Å². The van der Waals surface area contributed by atoms with Crippen molar-refractivity contribution in [2.75, 3.05) is 18.9 Å². The summed E-state index contributed by atoms with van der Waals surface area (Å²) in [6.45, 7) is 1.69. The van der Waals surface area contributed by atoms with Gasteiger partial charge in [0.15, 0.2) is 0 Å². The SMILES string of the molecule is O=C(c1csc([C@@H]2CCCO2)n1)N1CCS[C@@H]2CCCC[C@@H]21. The lowest BCUT2D eigenvalue weighted by molar-refractivity contribution is 0.0639. The maximum Gasteiger partial charge on any atom is 0.273 e. The van der Waals surface area contributed by atoms with Crippen molar-refractivity contribution in [1.82, 2.24) is 9.88 Å². The van der Waals surface area contributed by atoms with Crippen molar-refractivity contribution >= 4 is 29.0 Å². The summed E-state index contributed by atoms with van der Waals surface area (Å²) in [7, 11) is 0. The summed E-state index contributed by atoms with van der Waals surface area (Å²) in [5.74, 6) is 1.20. The van der Waals surface area contributed by atoms with Crippen LogP contribution in [0.15, 0.2) is 5.38 Å². The zero-order chi connectivity index (χ0) is 14.9. The lowest BCUT2D eigenvalue weighted by atomic mass is 9.93. The number of nitrogens with zero attached hydrogens (tertiary/aromatic N) is 2. The number of fused-ring (bicyclic) bond motifs is 1. The number of carbonyl (C=O) groups excluding carboxylic acids is 1. The molecule has 1 amide bonds. The van der Waals surface area contributed by atoms with Crippen LogP contribution in [0, 0.1) is 0 Å². The van der Waals surface area contributed by atoms with Crippen LogP contribution in [-0.2, 0) is 4.74 Å². The van der Waals surface area contributed by atoms with Gasteiger partial charge in [0.1, 0.15) is 16.8 Å². The Hall–Kier alpha value is -0.590. The molecule has 0 radical (unpaired) electrons. The first-order valence-electron chi connectivity index (χ1n) is 8.32. The van der Waals surface area contributed by atoms with E-state index in [4.69, 9.17) is 4.74 Å². The quantitative estimate of drug-likeness (QED) is 0.828. The van der Waals surface area contributed by atoms with E-state index in [1.165, 1.54) is 19.3 Å². The summed E-state index contributed by atoms with van der Waals surface area (Å²) in [6, 6.07) is 0.424. The maximum atomic E-state index is 12.9. The minimum atomic E-state index is 0.117. The highest BCUT2D eigenvalue weighted by atomic mass is 32.2. The maximum absolute atomic E-state index is 12.9. The molecule has 4 nitrogen and oxygen atoms in total. The van der Waals surface area contributed by atoms with Crippen LogP contribution in [0.5, 0.6) is 0 Å². The highest BCUT2D eigenvalue weighted by Gasteiger charge is 2.37. The molecule has 2 saturated heterocycles. The smallest absolute Gasteiger partial charge is 0.273 e. The second kappa shape index (κ2) is 6.49. The highest BCUT2D eigenvalue weighted by molar-refractivity contribution is 8.00. The minimum absolute atomic E-state index is 0.117. The Labute approximate surface area is 139 Å². The molecule has 0 aromatic carbocycles. The van der Waals surface area contributed by atoms with E-state index in [2.05, 4.69) is 21.6 Å². The molecule has 0 N–H and O–H groups in total. The third kappa shape index (κ3) is 2.81. The number of thiazole rings is 1. The van der Waals surface area contributed by atoms with Crippen LogP contribution in [-0.4, -0.2) is 46.0 Å². The van der Waals surface area contributed by atoms with Gasteiger partial charge in [-0.2, -0.15) is 11.8 Å². The van der Waals surface area contributed by atoms with Gasteiger partial charge < -0.3 is 9.64 Å². The third-order valence-corrected chi connectivity index (χ3v) is 7.27. The lowest BCUT2D eigenvalue weighted by Crippen LogP contribution is -2.51. The van der Waals surface area contributed by atoms with Crippen LogP contribution < -0.4 is 0 Å². The summed E-state index contributed by atoms with van der Waals surface area (Å²) < 4.78 is 5.68. The van der Waals surface area contributed by atoms with Crippen LogP contribution in [0.25, 0.3) is 0 Å². The molecule has 0 bridgehead atoms. The molecule has 3 fully saturated rings. The van der Waals surface area contributed by atoms with Gasteiger partial charge in [0.05, 0.1) is 0 Å². The fourth-order valence-corrected chi connectivity index (χ4v) is 6.12. The normalized spacial score (nSPS) is 32.0. The average molecular weight is 338 g/mol. The van der Waals surface area contributed by atoms with Gasteiger partial charge in [0.25, 0.3) is 5.91 Å². The topological polar surface area (TPSA) is 42.4 Å². The van der Waals surface area contributed by atoms with Crippen LogP contribution in [0.4, 0.5) is 0 Å². The number of thioether (sulfide) groups is 1. The molecule has 3 heterocycles. The Morgan fingerprint density at radius 2 is 2.18 bits per heavy atom. The minimum Gasteiger partial charge on any atom is -0.371 e. The Kier molecular flexibility index (Phi) is 4.42. The van der Waals surface area contributed by atoms with Crippen LogP contribution >= 0.6 is 23.1 Å². The molecule has 4 rings (SSSR count). The van der Waals surface area contributed by atoms with Crippen molar-refractivity contribution in [3.05, 3.63) is 16.1 Å². The molecule has 6 heteroatoms. The largest absolute Gasteiger partial charge is 0.371 e. The molecule has 1 aliphatic carbocycles. The molecule has 1 aromatic heterocycles. The van der Waals surface area contributed by atoms with E-state index in [0.717, 1.165) is 43.2 Å². The second-order valence-corrected chi connectivity index (χ2v) is 8.57. The predicted octanol–water partition coefficient (Wildman–Crippen LogP) is 3.49.